The molecular weight excluding hydrogens is 274 g/mol. The third-order valence-corrected chi connectivity index (χ3v) is 4.50. The third-order valence-electron chi connectivity index (χ3n) is 4.50. The van der Waals surface area contributed by atoms with E-state index < -0.39 is 0 Å². The number of carbonyl (C=O) groups excluding carboxylic acids is 1. The summed E-state index contributed by atoms with van der Waals surface area (Å²) >= 11 is 0. The Kier molecular flexibility index (Phi) is 6.40. The Labute approximate surface area is 134 Å². The number of nitrogens with two attached hydrogens (primary N) is 1. The summed E-state index contributed by atoms with van der Waals surface area (Å²) in [6, 6.07) is 8.48. The molecule has 22 heavy (non-hydrogen) atoms. The maximum atomic E-state index is 12.2. The van der Waals surface area contributed by atoms with E-state index in [1.165, 1.54) is 24.0 Å². The Balaban J connectivity index is 1.85. The van der Waals surface area contributed by atoms with E-state index >= 15 is 0 Å². The number of hydrogen-bond donors (Lipinski definition) is 2. The standard InChI is InChI=1S/C18H29N3O/c1-21(2)13-16-9-4-3-8-15(16)12-20-18(22)11-14-7-5-6-10-17(14)19/h3-4,8-9,14,17H,5-7,10-13,19H2,1-2H3,(H,20,22). The largest absolute Gasteiger partial charge is 0.352 e. The molecule has 0 bridgehead atoms. The van der Waals surface area contributed by atoms with Crippen LogP contribution in [-0.2, 0) is 17.9 Å². The number of hydrogen-bond acceptors (Lipinski definition) is 3. The van der Waals surface area contributed by atoms with Gasteiger partial charge in [0, 0.05) is 25.6 Å². The molecule has 4 nitrogen and oxygen atoms in total. The summed E-state index contributed by atoms with van der Waals surface area (Å²) < 4.78 is 0. The molecule has 1 aromatic carbocycles. The average molecular weight is 303 g/mol. The van der Waals surface area contributed by atoms with Crippen molar-refractivity contribution < 1.29 is 4.79 Å². The summed E-state index contributed by atoms with van der Waals surface area (Å²) in [7, 11) is 4.11. The molecule has 4 heteroatoms. The zero-order chi connectivity index (χ0) is 15.9. The number of amides is 1. The summed E-state index contributed by atoms with van der Waals surface area (Å²) in [6.07, 6.45) is 5.13. The van der Waals surface area contributed by atoms with Crippen molar-refractivity contribution in [3.8, 4) is 0 Å². The van der Waals surface area contributed by atoms with E-state index in [4.69, 9.17) is 5.73 Å². The summed E-state index contributed by atoms with van der Waals surface area (Å²) in [5, 5.41) is 3.07. The Morgan fingerprint density at radius 2 is 1.91 bits per heavy atom. The van der Waals surface area contributed by atoms with Gasteiger partial charge in [0.2, 0.25) is 5.91 Å². The normalized spacial score (nSPS) is 21.8. The average Bonchev–Trinajstić information content (AvgIpc) is 2.48. The van der Waals surface area contributed by atoms with Crippen LogP contribution in [0.5, 0.6) is 0 Å². The quantitative estimate of drug-likeness (QED) is 0.847. The first kappa shape index (κ1) is 17.0. The SMILES string of the molecule is CN(C)Cc1ccccc1CNC(=O)CC1CCCCC1N. The molecule has 2 unspecified atom stereocenters. The van der Waals surface area contributed by atoms with Crippen molar-refractivity contribution in [3.05, 3.63) is 35.4 Å². The van der Waals surface area contributed by atoms with Crippen molar-refractivity contribution in [2.24, 2.45) is 11.7 Å². The lowest BCUT2D eigenvalue weighted by atomic mass is 9.83. The first-order valence-electron chi connectivity index (χ1n) is 8.30. The van der Waals surface area contributed by atoms with Crippen LogP contribution >= 0.6 is 0 Å². The monoisotopic (exact) mass is 303 g/mol. The molecule has 3 N–H and O–H groups in total. The van der Waals surface area contributed by atoms with Crippen LogP contribution in [0.15, 0.2) is 24.3 Å². The highest BCUT2D eigenvalue weighted by Crippen LogP contribution is 2.25. The first-order valence-corrected chi connectivity index (χ1v) is 8.30. The molecule has 0 aliphatic heterocycles. The van der Waals surface area contributed by atoms with Gasteiger partial charge in [-0.3, -0.25) is 4.79 Å². The lowest BCUT2D eigenvalue weighted by Crippen LogP contribution is -2.37. The van der Waals surface area contributed by atoms with Crippen LogP contribution in [0.4, 0.5) is 0 Å². The zero-order valence-corrected chi connectivity index (χ0v) is 13.8. The zero-order valence-electron chi connectivity index (χ0n) is 13.8. The second kappa shape index (κ2) is 8.30. The van der Waals surface area contributed by atoms with Crippen molar-refractivity contribution in [1.82, 2.24) is 10.2 Å². The van der Waals surface area contributed by atoms with Crippen LogP contribution in [0, 0.1) is 5.92 Å². The fraction of sp³-hybridized carbons (Fsp3) is 0.611. The molecule has 1 fully saturated rings. The van der Waals surface area contributed by atoms with Crippen LogP contribution in [0.25, 0.3) is 0 Å². The van der Waals surface area contributed by atoms with Crippen molar-refractivity contribution in [1.29, 1.82) is 0 Å². The highest BCUT2D eigenvalue weighted by atomic mass is 16.1. The van der Waals surface area contributed by atoms with Crippen molar-refractivity contribution in [2.45, 2.75) is 51.2 Å². The van der Waals surface area contributed by atoms with Gasteiger partial charge in [0.05, 0.1) is 0 Å². The molecule has 0 spiro atoms. The molecule has 122 valence electrons. The highest BCUT2D eigenvalue weighted by molar-refractivity contribution is 5.76. The summed E-state index contributed by atoms with van der Waals surface area (Å²) in [4.78, 5) is 14.3. The van der Waals surface area contributed by atoms with Gasteiger partial charge in [-0.15, -0.1) is 0 Å². The maximum absolute atomic E-state index is 12.2. The first-order chi connectivity index (χ1) is 10.6. The van der Waals surface area contributed by atoms with E-state index in [0.29, 0.717) is 18.9 Å². The maximum Gasteiger partial charge on any atom is 0.220 e. The predicted octanol–water partition coefficient (Wildman–Crippen LogP) is 2.27. The number of rotatable bonds is 6. The Hall–Kier alpha value is -1.39. The summed E-state index contributed by atoms with van der Waals surface area (Å²) in [5.74, 6) is 0.479. The Morgan fingerprint density at radius 1 is 1.23 bits per heavy atom. The molecule has 2 rings (SSSR count). The molecule has 1 aromatic rings. The molecule has 0 saturated heterocycles. The van der Waals surface area contributed by atoms with Gasteiger partial charge in [0.25, 0.3) is 0 Å². The van der Waals surface area contributed by atoms with Gasteiger partial charge < -0.3 is 16.0 Å². The van der Waals surface area contributed by atoms with Crippen LogP contribution < -0.4 is 11.1 Å². The van der Waals surface area contributed by atoms with E-state index in [9.17, 15) is 4.79 Å². The number of nitrogens with one attached hydrogen (secondary N) is 1. The van der Waals surface area contributed by atoms with Gasteiger partial charge in [-0.2, -0.15) is 0 Å². The van der Waals surface area contributed by atoms with Gasteiger partial charge in [-0.25, -0.2) is 0 Å². The Bertz CT molecular complexity index is 487. The van der Waals surface area contributed by atoms with Crippen LogP contribution in [0.2, 0.25) is 0 Å². The number of nitrogens with zero attached hydrogens (tertiary/aromatic N) is 1. The fourth-order valence-corrected chi connectivity index (χ4v) is 3.22. The summed E-state index contributed by atoms with van der Waals surface area (Å²) in [6.45, 7) is 1.49. The molecule has 1 amide bonds. The second-order valence-corrected chi connectivity index (χ2v) is 6.70. The van der Waals surface area contributed by atoms with Crippen molar-refractivity contribution >= 4 is 5.91 Å². The van der Waals surface area contributed by atoms with Crippen LogP contribution in [0.3, 0.4) is 0 Å². The number of benzene rings is 1. The van der Waals surface area contributed by atoms with E-state index in [-0.39, 0.29) is 11.9 Å². The van der Waals surface area contributed by atoms with Gasteiger partial charge in [0.1, 0.15) is 0 Å². The van der Waals surface area contributed by atoms with Crippen LogP contribution in [0.1, 0.15) is 43.2 Å². The van der Waals surface area contributed by atoms with Crippen molar-refractivity contribution in [2.75, 3.05) is 14.1 Å². The van der Waals surface area contributed by atoms with E-state index in [1.807, 2.05) is 12.1 Å². The van der Waals surface area contributed by atoms with E-state index in [0.717, 1.165) is 19.4 Å². The predicted molar refractivity (Wildman–Crippen MR) is 90.2 cm³/mol. The molecule has 1 aliphatic rings. The third kappa shape index (κ3) is 5.11. The minimum Gasteiger partial charge on any atom is -0.352 e. The fourth-order valence-electron chi connectivity index (χ4n) is 3.22. The lowest BCUT2D eigenvalue weighted by Gasteiger charge is -2.28. The van der Waals surface area contributed by atoms with Gasteiger partial charge in [-0.1, -0.05) is 37.1 Å². The van der Waals surface area contributed by atoms with Gasteiger partial charge in [0.15, 0.2) is 0 Å². The van der Waals surface area contributed by atoms with E-state index in [2.05, 4.69) is 36.4 Å². The molecule has 1 aliphatic carbocycles. The van der Waals surface area contributed by atoms with Gasteiger partial charge in [-0.05, 0) is 44.0 Å². The minimum atomic E-state index is 0.127. The van der Waals surface area contributed by atoms with E-state index in [1.54, 1.807) is 0 Å². The molecule has 0 heterocycles. The minimum absolute atomic E-state index is 0.127. The molecule has 0 aromatic heterocycles. The Morgan fingerprint density at radius 3 is 2.59 bits per heavy atom. The smallest absolute Gasteiger partial charge is 0.220 e. The lowest BCUT2D eigenvalue weighted by molar-refractivity contribution is -0.122. The highest BCUT2D eigenvalue weighted by Gasteiger charge is 2.24. The topological polar surface area (TPSA) is 58.4 Å². The molecule has 0 radical (unpaired) electrons. The number of carbonyl (C=O) groups is 1. The van der Waals surface area contributed by atoms with Crippen LogP contribution in [-0.4, -0.2) is 30.9 Å². The van der Waals surface area contributed by atoms with Gasteiger partial charge >= 0.3 is 0 Å². The summed E-state index contributed by atoms with van der Waals surface area (Å²) in [5.41, 5.74) is 8.59. The second-order valence-electron chi connectivity index (χ2n) is 6.70. The molecular formula is C18H29N3O. The molecule has 2 atom stereocenters. The van der Waals surface area contributed by atoms with Crippen molar-refractivity contribution in [3.63, 3.8) is 0 Å². The molecule has 1 saturated carbocycles.